The van der Waals surface area contributed by atoms with Crippen LogP contribution in [0.5, 0.6) is 0 Å². The molecule has 0 bridgehead atoms. The Bertz CT molecular complexity index is 422. The third-order valence-corrected chi connectivity index (χ3v) is 3.67. The normalized spacial score (nSPS) is 15.6. The number of nitrogens with one attached hydrogen (secondary N) is 1. The molecule has 2 unspecified atom stereocenters. The number of methoxy groups -OCH3 is 1. The van der Waals surface area contributed by atoms with Gasteiger partial charge in [0.2, 0.25) is 0 Å². The summed E-state index contributed by atoms with van der Waals surface area (Å²) in [4.78, 5) is 12.0. The molecule has 1 N–H and O–H groups in total. The van der Waals surface area contributed by atoms with Gasteiger partial charge in [-0.25, -0.2) is 4.79 Å². The van der Waals surface area contributed by atoms with Crippen LogP contribution in [0.4, 0.5) is 5.69 Å². The van der Waals surface area contributed by atoms with E-state index in [1.807, 2.05) is 32.9 Å². The molecule has 3 nitrogen and oxygen atoms in total. The maximum Gasteiger partial charge on any atom is 0.331 e. The minimum Gasteiger partial charge on any atom is -0.467 e. The van der Waals surface area contributed by atoms with Crippen molar-refractivity contribution in [2.45, 2.75) is 32.7 Å². The van der Waals surface area contributed by atoms with Gasteiger partial charge in [-0.15, -0.1) is 0 Å². The van der Waals surface area contributed by atoms with Crippen LogP contribution in [-0.2, 0) is 9.53 Å². The zero-order chi connectivity index (χ0) is 13.8. The van der Waals surface area contributed by atoms with Gasteiger partial charge >= 0.3 is 5.97 Å². The van der Waals surface area contributed by atoms with Gasteiger partial charge in [-0.1, -0.05) is 37.9 Å². The maximum absolute atomic E-state index is 12.0. The van der Waals surface area contributed by atoms with E-state index < -0.39 is 5.54 Å². The molecule has 4 heteroatoms. The summed E-state index contributed by atoms with van der Waals surface area (Å²) in [7, 11) is 1.41. The lowest BCUT2D eigenvalue weighted by Crippen LogP contribution is -2.49. The van der Waals surface area contributed by atoms with E-state index >= 15 is 0 Å². The van der Waals surface area contributed by atoms with Crippen molar-refractivity contribution < 1.29 is 9.53 Å². The van der Waals surface area contributed by atoms with Gasteiger partial charge in [0.05, 0.1) is 7.11 Å². The van der Waals surface area contributed by atoms with Crippen LogP contribution in [0.15, 0.2) is 24.3 Å². The van der Waals surface area contributed by atoms with Crippen LogP contribution in [0, 0.1) is 5.92 Å². The van der Waals surface area contributed by atoms with Crippen molar-refractivity contribution in [1.29, 1.82) is 0 Å². The number of hydrogen-bond donors (Lipinski definition) is 1. The number of halogens is 1. The third-order valence-electron chi connectivity index (χ3n) is 3.44. The Morgan fingerprint density at radius 1 is 1.56 bits per heavy atom. The second-order valence-corrected chi connectivity index (χ2v) is 5.08. The molecule has 0 aliphatic heterocycles. The van der Waals surface area contributed by atoms with Gasteiger partial charge in [0.1, 0.15) is 5.54 Å². The summed E-state index contributed by atoms with van der Waals surface area (Å²) < 4.78 is 4.91. The number of carbonyl (C=O) groups excluding carboxylic acids is 1. The van der Waals surface area contributed by atoms with E-state index in [1.165, 1.54) is 7.11 Å². The Morgan fingerprint density at radius 3 is 2.72 bits per heavy atom. The Labute approximate surface area is 113 Å². The molecule has 0 aliphatic carbocycles. The van der Waals surface area contributed by atoms with Crippen LogP contribution >= 0.6 is 11.6 Å². The van der Waals surface area contributed by atoms with Crippen LogP contribution in [-0.4, -0.2) is 18.6 Å². The van der Waals surface area contributed by atoms with Crippen molar-refractivity contribution in [1.82, 2.24) is 0 Å². The molecule has 1 aromatic rings. The summed E-state index contributed by atoms with van der Waals surface area (Å²) in [5.41, 5.74) is 0.0597. The van der Waals surface area contributed by atoms with Gasteiger partial charge in [0.15, 0.2) is 0 Å². The molecular weight excluding hydrogens is 250 g/mol. The highest BCUT2D eigenvalue weighted by molar-refractivity contribution is 6.30. The van der Waals surface area contributed by atoms with E-state index in [2.05, 4.69) is 5.32 Å². The van der Waals surface area contributed by atoms with Gasteiger partial charge in [-0.3, -0.25) is 0 Å². The van der Waals surface area contributed by atoms with E-state index in [9.17, 15) is 4.79 Å². The molecule has 2 atom stereocenters. The van der Waals surface area contributed by atoms with Gasteiger partial charge in [-0.05, 0) is 31.0 Å². The Morgan fingerprint density at radius 2 is 2.22 bits per heavy atom. The summed E-state index contributed by atoms with van der Waals surface area (Å²) in [5, 5.41) is 3.87. The zero-order valence-electron chi connectivity index (χ0n) is 11.3. The molecule has 18 heavy (non-hydrogen) atoms. The predicted octanol–water partition coefficient (Wildman–Crippen LogP) is 3.73. The molecule has 0 radical (unpaired) electrons. The van der Waals surface area contributed by atoms with Gasteiger partial charge in [-0.2, -0.15) is 0 Å². The minimum atomic E-state index is -0.756. The van der Waals surface area contributed by atoms with Crippen LogP contribution in [0.25, 0.3) is 0 Å². The number of esters is 1. The maximum atomic E-state index is 12.0. The third kappa shape index (κ3) is 3.16. The zero-order valence-corrected chi connectivity index (χ0v) is 12.0. The summed E-state index contributed by atoms with van der Waals surface area (Å²) in [6.07, 6.45) is 0.874. The fourth-order valence-corrected chi connectivity index (χ4v) is 2.05. The molecule has 0 heterocycles. The van der Waals surface area contributed by atoms with Crippen molar-refractivity contribution >= 4 is 23.3 Å². The summed E-state index contributed by atoms with van der Waals surface area (Å²) in [6.45, 7) is 5.92. The van der Waals surface area contributed by atoms with Gasteiger partial charge in [0.25, 0.3) is 0 Å². The smallest absolute Gasteiger partial charge is 0.331 e. The van der Waals surface area contributed by atoms with Crippen LogP contribution < -0.4 is 5.32 Å². The fourth-order valence-electron chi connectivity index (χ4n) is 1.86. The van der Waals surface area contributed by atoms with E-state index in [-0.39, 0.29) is 11.9 Å². The molecule has 0 fully saturated rings. The van der Waals surface area contributed by atoms with Crippen LogP contribution in [0.3, 0.4) is 0 Å². The van der Waals surface area contributed by atoms with Crippen molar-refractivity contribution in [3.8, 4) is 0 Å². The van der Waals surface area contributed by atoms with E-state index in [4.69, 9.17) is 16.3 Å². The van der Waals surface area contributed by atoms with Crippen LogP contribution in [0.2, 0.25) is 5.02 Å². The van der Waals surface area contributed by atoms with Crippen molar-refractivity contribution in [2.24, 2.45) is 5.92 Å². The van der Waals surface area contributed by atoms with E-state index in [0.29, 0.717) is 5.02 Å². The second-order valence-electron chi connectivity index (χ2n) is 4.64. The first-order chi connectivity index (χ1) is 8.43. The standard InChI is InChI=1S/C14H20ClNO2/c1-5-10(2)14(3,13(17)18-4)16-12-8-6-7-11(15)9-12/h6-10,16H,5H2,1-4H3. The number of carbonyl (C=O) groups is 1. The topological polar surface area (TPSA) is 38.3 Å². The number of anilines is 1. The first-order valence-corrected chi connectivity index (χ1v) is 6.44. The lowest BCUT2D eigenvalue weighted by molar-refractivity contribution is -0.147. The molecule has 100 valence electrons. The molecule has 1 aromatic carbocycles. The summed E-state index contributed by atoms with van der Waals surface area (Å²) in [5.74, 6) is -0.124. The highest BCUT2D eigenvalue weighted by atomic mass is 35.5. The minimum absolute atomic E-state index is 0.143. The molecule has 0 spiro atoms. The van der Waals surface area contributed by atoms with E-state index in [1.54, 1.807) is 12.1 Å². The first-order valence-electron chi connectivity index (χ1n) is 6.06. The predicted molar refractivity (Wildman–Crippen MR) is 75.0 cm³/mol. The average Bonchev–Trinajstić information content (AvgIpc) is 2.36. The molecule has 0 amide bonds. The van der Waals surface area contributed by atoms with Crippen LogP contribution in [0.1, 0.15) is 27.2 Å². The van der Waals surface area contributed by atoms with Gasteiger partial charge in [0, 0.05) is 10.7 Å². The molecule has 0 saturated carbocycles. The Hall–Kier alpha value is -1.22. The fraction of sp³-hybridized carbons (Fsp3) is 0.500. The Kier molecular flexibility index (Phi) is 5.03. The number of hydrogen-bond acceptors (Lipinski definition) is 3. The summed E-state index contributed by atoms with van der Waals surface area (Å²) in [6, 6.07) is 7.32. The SMILES string of the molecule is CCC(C)C(C)(Nc1cccc(Cl)c1)C(=O)OC. The Balaban J connectivity index is 3.02. The van der Waals surface area contributed by atoms with E-state index in [0.717, 1.165) is 12.1 Å². The molecular formula is C14H20ClNO2. The lowest BCUT2D eigenvalue weighted by atomic mass is 9.84. The largest absolute Gasteiger partial charge is 0.467 e. The van der Waals surface area contributed by atoms with Crippen molar-refractivity contribution in [3.63, 3.8) is 0 Å². The quantitative estimate of drug-likeness (QED) is 0.828. The number of rotatable bonds is 5. The molecule has 0 aliphatic rings. The highest BCUT2D eigenvalue weighted by Crippen LogP contribution is 2.28. The number of benzene rings is 1. The van der Waals surface area contributed by atoms with Crippen molar-refractivity contribution in [3.05, 3.63) is 29.3 Å². The lowest BCUT2D eigenvalue weighted by Gasteiger charge is -2.34. The number of ether oxygens (including phenoxy) is 1. The summed E-state index contributed by atoms with van der Waals surface area (Å²) >= 11 is 5.94. The molecule has 1 rings (SSSR count). The molecule has 0 saturated heterocycles. The first kappa shape index (κ1) is 14.8. The average molecular weight is 270 g/mol. The second kappa shape index (κ2) is 6.10. The molecule has 0 aromatic heterocycles. The highest BCUT2D eigenvalue weighted by Gasteiger charge is 2.39. The van der Waals surface area contributed by atoms with Gasteiger partial charge < -0.3 is 10.1 Å². The van der Waals surface area contributed by atoms with Crippen molar-refractivity contribution in [2.75, 3.05) is 12.4 Å². The monoisotopic (exact) mass is 269 g/mol.